The van der Waals surface area contributed by atoms with E-state index in [1.807, 2.05) is 0 Å². The number of carboxylic acid groups (broad SMARTS) is 1. The Kier molecular flexibility index (Phi) is 5.82. The molecule has 0 bridgehead atoms. The van der Waals surface area contributed by atoms with Gasteiger partial charge < -0.3 is 5.11 Å². The lowest BCUT2D eigenvalue weighted by Crippen LogP contribution is -2.41. The van der Waals surface area contributed by atoms with E-state index in [9.17, 15) is 22.8 Å². The van der Waals surface area contributed by atoms with Crippen LogP contribution in [0.25, 0.3) is 0 Å². The molecular formula is C11H12F3N3O3S. The second-order valence-electron chi connectivity index (χ2n) is 3.88. The number of rotatable bonds is 6. The molecule has 10 heteroatoms. The maximum atomic E-state index is 12.5. The molecule has 21 heavy (non-hydrogen) atoms. The smallest absolute Gasteiger partial charge is 0.416 e. The topological polar surface area (TPSA) is 82.5 Å². The number of nitrogens with one attached hydrogen (secondary N) is 1. The Morgan fingerprint density at radius 1 is 1.43 bits per heavy atom. The second kappa shape index (κ2) is 7.16. The van der Waals surface area contributed by atoms with Gasteiger partial charge in [-0.1, -0.05) is 0 Å². The van der Waals surface area contributed by atoms with Crippen LogP contribution in [0.5, 0.6) is 0 Å². The van der Waals surface area contributed by atoms with Gasteiger partial charge in [-0.15, -0.1) is 11.8 Å². The number of hydrogen-bond donors (Lipinski definition) is 2. The number of carboxylic acids is 1. The van der Waals surface area contributed by atoms with Gasteiger partial charge in [-0.25, -0.2) is 4.98 Å². The van der Waals surface area contributed by atoms with Crippen LogP contribution in [0.4, 0.5) is 19.0 Å². The first-order valence-corrected chi connectivity index (χ1v) is 6.71. The third kappa shape index (κ3) is 5.90. The van der Waals surface area contributed by atoms with Crippen LogP contribution in [0.3, 0.4) is 0 Å². The summed E-state index contributed by atoms with van der Waals surface area (Å²) in [5.74, 6) is -2.04. The third-order valence-corrected chi connectivity index (χ3v) is 3.08. The van der Waals surface area contributed by atoms with Crippen molar-refractivity contribution in [2.24, 2.45) is 0 Å². The van der Waals surface area contributed by atoms with E-state index in [0.717, 1.165) is 35.1 Å². The van der Waals surface area contributed by atoms with Crippen molar-refractivity contribution in [1.29, 1.82) is 0 Å². The van der Waals surface area contributed by atoms with Crippen molar-refractivity contribution in [3.05, 3.63) is 23.9 Å². The summed E-state index contributed by atoms with van der Waals surface area (Å²) in [5.41, 5.74) is 1.42. The minimum absolute atomic E-state index is 0.0820. The number of aromatic nitrogens is 1. The normalized spacial score (nSPS) is 11.0. The molecule has 2 N–H and O–H groups in total. The molecular weight excluding hydrogens is 311 g/mol. The van der Waals surface area contributed by atoms with Crippen molar-refractivity contribution < 1.29 is 27.9 Å². The lowest BCUT2D eigenvalue weighted by atomic mass is 10.2. The van der Waals surface area contributed by atoms with Gasteiger partial charge in [0.15, 0.2) is 0 Å². The molecule has 0 atom stereocenters. The minimum atomic E-state index is -4.50. The summed E-state index contributed by atoms with van der Waals surface area (Å²) in [4.78, 5) is 25.5. The van der Waals surface area contributed by atoms with Crippen LogP contribution >= 0.6 is 11.8 Å². The van der Waals surface area contributed by atoms with Gasteiger partial charge in [0.05, 0.1) is 17.1 Å². The molecule has 0 spiro atoms. The summed E-state index contributed by atoms with van der Waals surface area (Å²) in [6.45, 7) is 0. The monoisotopic (exact) mass is 323 g/mol. The van der Waals surface area contributed by atoms with E-state index in [1.165, 1.54) is 7.05 Å². The van der Waals surface area contributed by atoms with E-state index in [1.54, 1.807) is 0 Å². The third-order valence-electron chi connectivity index (χ3n) is 2.17. The van der Waals surface area contributed by atoms with E-state index in [2.05, 4.69) is 10.4 Å². The van der Waals surface area contributed by atoms with Crippen molar-refractivity contribution in [2.45, 2.75) is 6.18 Å². The van der Waals surface area contributed by atoms with Gasteiger partial charge in [0.2, 0.25) is 5.91 Å². The Labute approximate surface area is 122 Å². The highest BCUT2D eigenvalue weighted by atomic mass is 32.2. The fourth-order valence-corrected chi connectivity index (χ4v) is 1.81. The molecule has 6 nitrogen and oxygen atoms in total. The largest absolute Gasteiger partial charge is 0.481 e. The van der Waals surface area contributed by atoms with Crippen LogP contribution < -0.4 is 10.4 Å². The number of hydrogen-bond acceptors (Lipinski definition) is 5. The molecule has 1 aromatic heterocycles. The Morgan fingerprint density at radius 2 is 2.10 bits per heavy atom. The molecule has 0 aliphatic rings. The van der Waals surface area contributed by atoms with Gasteiger partial charge in [0.1, 0.15) is 5.82 Å². The SMILES string of the molecule is CN(NC(=O)CSCC(=O)O)c1cc(C(F)(F)F)ccn1. The number of carbonyl (C=O) groups excluding carboxylic acids is 1. The molecule has 1 heterocycles. The highest BCUT2D eigenvalue weighted by Crippen LogP contribution is 2.30. The average Bonchev–Trinajstić information content (AvgIpc) is 2.37. The van der Waals surface area contributed by atoms with Gasteiger partial charge in [-0.3, -0.25) is 20.0 Å². The number of halogens is 3. The van der Waals surface area contributed by atoms with Crippen LogP contribution in [0.2, 0.25) is 0 Å². The van der Waals surface area contributed by atoms with Crippen LogP contribution in [0.1, 0.15) is 5.56 Å². The molecule has 0 aliphatic heterocycles. The Bertz CT molecular complexity index is 525. The van der Waals surface area contributed by atoms with Crippen LogP contribution in [0.15, 0.2) is 18.3 Å². The van der Waals surface area contributed by atoms with E-state index >= 15 is 0 Å². The van der Waals surface area contributed by atoms with E-state index in [4.69, 9.17) is 5.11 Å². The number of pyridine rings is 1. The first kappa shape index (κ1) is 17.1. The Balaban J connectivity index is 2.61. The fraction of sp³-hybridized carbons (Fsp3) is 0.364. The maximum Gasteiger partial charge on any atom is 0.416 e. The lowest BCUT2D eigenvalue weighted by molar-refractivity contribution is -0.137. The fourth-order valence-electron chi connectivity index (χ4n) is 1.29. The molecule has 116 valence electrons. The maximum absolute atomic E-state index is 12.5. The summed E-state index contributed by atoms with van der Waals surface area (Å²) in [5, 5.41) is 9.45. The van der Waals surface area contributed by atoms with Crippen molar-refractivity contribution in [3.63, 3.8) is 0 Å². The molecule has 0 saturated carbocycles. The van der Waals surface area contributed by atoms with Crippen molar-refractivity contribution in [1.82, 2.24) is 10.4 Å². The van der Waals surface area contributed by atoms with Gasteiger partial charge >= 0.3 is 12.1 Å². The first-order valence-electron chi connectivity index (χ1n) is 5.56. The number of amides is 1. The molecule has 1 amide bonds. The minimum Gasteiger partial charge on any atom is -0.481 e. The number of nitrogens with zero attached hydrogens (tertiary/aromatic N) is 2. The average molecular weight is 323 g/mol. The van der Waals surface area contributed by atoms with Crippen LogP contribution in [0, 0.1) is 0 Å². The zero-order chi connectivity index (χ0) is 16.0. The molecule has 0 aliphatic carbocycles. The van der Waals surface area contributed by atoms with Gasteiger partial charge in [0.25, 0.3) is 0 Å². The van der Waals surface area contributed by atoms with Crippen molar-refractivity contribution >= 4 is 29.5 Å². The molecule has 0 aromatic carbocycles. The molecule has 0 fully saturated rings. The number of anilines is 1. The highest BCUT2D eigenvalue weighted by molar-refractivity contribution is 8.00. The van der Waals surface area contributed by atoms with E-state index in [-0.39, 0.29) is 17.3 Å². The van der Waals surface area contributed by atoms with E-state index in [0.29, 0.717) is 0 Å². The summed E-state index contributed by atoms with van der Waals surface area (Å²) in [7, 11) is 1.34. The van der Waals surface area contributed by atoms with Gasteiger partial charge in [0, 0.05) is 13.2 Å². The summed E-state index contributed by atoms with van der Waals surface area (Å²) in [6, 6.07) is 1.62. The van der Waals surface area contributed by atoms with Crippen LogP contribution in [-0.4, -0.2) is 40.5 Å². The van der Waals surface area contributed by atoms with Gasteiger partial charge in [-0.2, -0.15) is 13.2 Å². The van der Waals surface area contributed by atoms with Crippen molar-refractivity contribution in [3.8, 4) is 0 Å². The molecule has 1 rings (SSSR count). The summed E-state index contributed by atoms with van der Waals surface area (Å²) >= 11 is 0.875. The molecule has 0 radical (unpaired) electrons. The summed E-state index contributed by atoms with van der Waals surface area (Å²) in [6.07, 6.45) is -3.51. The Hall–Kier alpha value is -1.97. The van der Waals surface area contributed by atoms with Gasteiger partial charge in [-0.05, 0) is 12.1 Å². The number of alkyl halides is 3. The highest BCUT2D eigenvalue weighted by Gasteiger charge is 2.31. The second-order valence-corrected chi connectivity index (χ2v) is 4.87. The summed E-state index contributed by atoms with van der Waals surface area (Å²) < 4.78 is 37.6. The zero-order valence-corrected chi connectivity index (χ0v) is 11.7. The Morgan fingerprint density at radius 3 is 2.67 bits per heavy atom. The van der Waals surface area contributed by atoms with Crippen LogP contribution in [-0.2, 0) is 15.8 Å². The van der Waals surface area contributed by atoms with Crippen molar-refractivity contribution in [2.75, 3.05) is 23.6 Å². The quantitative estimate of drug-likeness (QED) is 0.770. The van der Waals surface area contributed by atoms with E-state index < -0.39 is 23.6 Å². The molecule has 1 aromatic rings. The molecule has 0 saturated heterocycles. The predicted octanol–water partition coefficient (Wildman–Crippen LogP) is 1.39. The number of thioether (sulfide) groups is 1. The lowest BCUT2D eigenvalue weighted by Gasteiger charge is -2.20. The number of hydrazine groups is 1. The number of aliphatic carboxylic acids is 1. The number of carbonyl (C=O) groups is 2. The first-order chi connectivity index (χ1) is 9.70. The molecule has 0 unspecified atom stereocenters. The predicted molar refractivity (Wildman–Crippen MR) is 70.7 cm³/mol. The standard InChI is InChI=1S/C11H12F3N3O3S/c1-17(16-9(18)5-21-6-10(19)20)8-4-7(2-3-15-8)11(12,13)14/h2-4H,5-6H2,1H3,(H,16,18)(H,19,20). The zero-order valence-electron chi connectivity index (χ0n) is 10.8.